The molecule has 4 aliphatic rings. The van der Waals surface area contributed by atoms with Gasteiger partial charge < -0.3 is 14.2 Å². The summed E-state index contributed by atoms with van der Waals surface area (Å²) in [5, 5.41) is 0. The van der Waals surface area contributed by atoms with E-state index < -0.39 is 0 Å². The molecule has 14 heavy (non-hydrogen) atoms. The molecule has 4 fully saturated rings. The van der Waals surface area contributed by atoms with Crippen molar-refractivity contribution in [2.24, 2.45) is 17.8 Å². The van der Waals surface area contributed by atoms with Gasteiger partial charge in [-0.2, -0.15) is 0 Å². The fraction of sp³-hybridized carbons (Fsp3) is 1.00. The number of hydrogen-bond acceptors (Lipinski definition) is 3. The van der Waals surface area contributed by atoms with Crippen LogP contribution in [0.15, 0.2) is 0 Å². The van der Waals surface area contributed by atoms with Crippen LogP contribution in [0.3, 0.4) is 0 Å². The second-order valence-electron chi connectivity index (χ2n) is 5.11. The molecule has 3 heteroatoms. The summed E-state index contributed by atoms with van der Waals surface area (Å²) in [6.07, 6.45) is 3.57. The van der Waals surface area contributed by atoms with Gasteiger partial charge in [0.15, 0.2) is 5.79 Å². The quantitative estimate of drug-likeness (QED) is 0.545. The zero-order chi connectivity index (χ0) is 9.34. The van der Waals surface area contributed by atoms with Crippen LogP contribution in [-0.4, -0.2) is 31.2 Å². The van der Waals surface area contributed by atoms with Crippen molar-refractivity contribution in [2.45, 2.75) is 37.8 Å². The molecule has 0 N–H and O–H groups in total. The number of epoxide rings is 1. The van der Waals surface area contributed by atoms with Gasteiger partial charge in [-0.1, -0.05) is 6.92 Å². The van der Waals surface area contributed by atoms with Crippen molar-refractivity contribution in [3.05, 3.63) is 0 Å². The molecule has 0 amide bonds. The van der Waals surface area contributed by atoms with Gasteiger partial charge in [-0.3, -0.25) is 0 Å². The molecule has 0 aromatic carbocycles. The van der Waals surface area contributed by atoms with Crippen LogP contribution in [0.2, 0.25) is 0 Å². The van der Waals surface area contributed by atoms with Gasteiger partial charge in [-0.05, 0) is 12.8 Å². The Morgan fingerprint density at radius 2 is 1.93 bits per heavy atom. The van der Waals surface area contributed by atoms with Gasteiger partial charge in [0.1, 0.15) is 0 Å². The Balaban J connectivity index is 1.65. The predicted octanol–water partition coefficient (Wildman–Crippen LogP) is 1.17. The lowest BCUT2D eigenvalue weighted by Gasteiger charge is -2.57. The predicted molar refractivity (Wildman–Crippen MR) is 48.7 cm³/mol. The highest BCUT2D eigenvalue weighted by Gasteiger charge is 2.71. The second-order valence-corrected chi connectivity index (χ2v) is 5.11. The van der Waals surface area contributed by atoms with E-state index >= 15 is 0 Å². The number of ether oxygens (including phenoxy) is 3. The summed E-state index contributed by atoms with van der Waals surface area (Å²) in [4.78, 5) is 0. The van der Waals surface area contributed by atoms with Crippen molar-refractivity contribution in [3.63, 3.8) is 0 Å². The highest BCUT2D eigenvalue weighted by atomic mass is 16.7. The Morgan fingerprint density at radius 1 is 1.14 bits per heavy atom. The zero-order valence-electron chi connectivity index (χ0n) is 8.44. The topological polar surface area (TPSA) is 31.0 Å². The molecular weight excluding hydrogens is 180 g/mol. The first kappa shape index (κ1) is 8.08. The third-order valence-electron chi connectivity index (χ3n) is 4.70. The average molecular weight is 196 g/mol. The van der Waals surface area contributed by atoms with E-state index in [1.165, 1.54) is 12.8 Å². The Kier molecular flexibility index (Phi) is 1.35. The first-order valence-electron chi connectivity index (χ1n) is 5.76. The molecule has 1 spiro atoms. The maximum Gasteiger partial charge on any atom is 0.174 e. The highest BCUT2D eigenvalue weighted by Crippen LogP contribution is 2.63. The molecule has 2 saturated carbocycles. The van der Waals surface area contributed by atoms with Gasteiger partial charge >= 0.3 is 0 Å². The molecule has 0 radical (unpaired) electrons. The molecule has 5 atom stereocenters. The van der Waals surface area contributed by atoms with E-state index in [0.717, 1.165) is 13.2 Å². The van der Waals surface area contributed by atoms with Crippen molar-refractivity contribution in [1.82, 2.24) is 0 Å². The summed E-state index contributed by atoms with van der Waals surface area (Å²) in [6.45, 7) is 3.82. The van der Waals surface area contributed by atoms with Crippen LogP contribution >= 0.6 is 0 Å². The van der Waals surface area contributed by atoms with Crippen molar-refractivity contribution in [2.75, 3.05) is 13.2 Å². The lowest BCUT2D eigenvalue weighted by Crippen LogP contribution is -2.65. The Labute approximate surface area is 83.7 Å². The normalized spacial score (nSPS) is 57.6. The van der Waals surface area contributed by atoms with E-state index in [1.54, 1.807) is 0 Å². The number of fused-ring (bicyclic) bond motifs is 4. The fourth-order valence-corrected chi connectivity index (χ4v) is 4.00. The van der Waals surface area contributed by atoms with E-state index in [0.29, 0.717) is 30.0 Å². The van der Waals surface area contributed by atoms with E-state index in [1.807, 2.05) is 0 Å². The smallest absolute Gasteiger partial charge is 0.174 e. The molecule has 0 unspecified atom stereocenters. The van der Waals surface area contributed by atoms with Crippen LogP contribution in [0.25, 0.3) is 0 Å². The van der Waals surface area contributed by atoms with Gasteiger partial charge in [-0.15, -0.1) is 0 Å². The van der Waals surface area contributed by atoms with E-state index in [2.05, 4.69) is 6.92 Å². The summed E-state index contributed by atoms with van der Waals surface area (Å²) < 4.78 is 17.4. The largest absolute Gasteiger partial charge is 0.369 e. The van der Waals surface area contributed by atoms with Gasteiger partial charge in [-0.25, -0.2) is 0 Å². The van der Waals surface area contributed by atoms with E-state index in [-0.39, 0.29) is 5.79 Å². The van der Waals surface area contributed by atoms with Crippen molar-refractivity contribution in [3.8, 4) is 0 Å². The molecule has 3 nitrogen and oxygen atoms in total. The average Bonchev–Trinajstić information content (AvgIpc) is 2.78. The number of rotatable bonds is 0. The number of hydrogen-bond donors (Lipinski definition) is 0. The van der Waals surface area contributed by atoms with Crippen LogP contribution in [0.5, 0.6) is 0 Å². The maximum atomic E-state index is 5.85. The molecule has 0 bridgehead atoms. The Morgan fingerprint density at radius 3 is 2.71 bits per heavy atom. The zero-order valence-corrected chi connectivity index (χ0v) is 8.44. The molecule has 4 rings (SSSR count). The fourth-order valence-electron chi connectivity index (χ4n) is 4.00. The minimum atomic E-state index is -0.207. The highest BCUT2D eigenvalue weighted by molar-refractivity contribution is 5.14. The van der Waals surface area contributed by atoms with Gasteiger partial charge in [0.25, 0.3) is 0 Å². The minimum Gasteiger partial charge on any atom is -0.369 e. The summed E-state index contributed by atoms with van der Waals surface area (Å²) >= 11 is 0. The minimum absolute atomic E-state index is 0.207. The first-order chi connectivity index (χ1) is 6.83. The third kappa shape index (κ3) is 0.730. The van der Waals surface area contributed by atoms with Crippen LogP contribution in [-0.2, 0) is 14.2 Å². The lowest BCUT2D eigenvalue weighted by atomic mass is 9.54. The molecule has 2 saturated heterocycles. The van der Waals surface area contributed by atoms with Gasteiger partial charge in [0.05, 0.1) is 25.4 Å². The van der Waals surface area contributed by atoms with Gasteiger partial charge in [0, 0.05) is 17.8 Å². The second kappa shape index (κ2) is 2.34. The van der Waals surface area contributed by atoms with Crippen molar-refractivity contribution >= 4 is 0 Å². The molecule has 2 heterocycles. The maximum absolute atomic E-state index is 5.85. The monoisotopic (exact) mass is 196 g/mol. The molecule has 0 aromatic rings. The summed E-state index contributed by atoms with van der Waals surface area (Å²) in [7, 11) is 0. The van der Waals surface area contributed by atoms with Crippen LogP contribution < -0.4 is 0 Å². The Hall–Kier alpha value is -0.120. The molecule has 78 valence electrons. The van der Waals surface area contributed by atoms with E-state index in [9.17, 15) is 0 Å². The van der Waals surface area contributed by atoms with E-state index in [4.69, 9.17) is 14.2 Å². The van der Waals surface area contributed by atoms with Crippen LogP contribution in [0, 0.1) is 17.8 Å². The van der Waals surface area contributed by atoms with Crippen molar-refractivity contribution < 1.29 is 14.2 Å². The standard InChI is InChI=1S/C11H16O3/c1-6-9-7(2-3-8-10(9)14-8)11(6)12-4-5-13-11/h6-10H,2-5H2,1H3/t6-,7-,8-,9-,10-/m0/s1. The summed E-state index contributed by atoms with van der Waals surface area (Å²) in [6, 6.07) is 0. The summed E-state index contributed by atoms with van der Waals surface area (Å²) in [5.74, 6) is 1.66. The molecule has 2 aliphatic heterocycles. The van der Waals surface area contributed by atoms with Gasteiger partial charge in [0.2, 0.25) is 0 Å². The van der Waals surface area contributed by atoms with Crippen LogP contribution in [0.4, 0.5) is 0 Å². The first-order valence-corrected chi connectivity index (χ1v) is 5.76. The molecule has 0 aromatic heterocycles. The van der Waals surface area contributed by atoms with Crippen LogP contribution in [0.1, 0.15) is 19.8 Å². The third-order valence-corrected chi connectivity index (χ3v) is 4.70. The molecule has 2 aliphatic carbocycles. The van der Waals surface area contributed by atoms with Crippen molar-refractivity contribution in [1.29, 1.82) is 0 Å². The SMILES string of the molecule is C[C@H]1[C@@H]2[C@H]3O[C@H]3CC[C@@H]2C12OCCO2. The Bertz CT molecular complexity index is 272. The molecular formula is C11H16O3. The summed E-state index contributed by atoms with van der Waals surface area (Å²) in [5.41, 5.74) is 0. The lowest BCUT2D eigenvalue weighted by molar-refractivity contribution is -0.321.